The van der Waals surface area contributed by atoms with Gasteiger partial charge >= 0.3 is 0 Å². The van der Waals surface area contributed by atoms with Gasteiger partial charge < -0.3 is 19.5 Å². The summed E-state index contributed by atoms with van der Waals surface area (Å²) in [5.41, 5.74) is 0. The molecule has 3 unspecified atom stereocenters. The van der Waals surface area contributed by atoms with Crippen molar-refractivity contribution >= 4 is 5.91 Å². The number of morpholine rings is 1. The van der Waals surface area contributed by atoms with Gasteiger partial charge in [-0.1, -0.05) is 24.6 Å². The number of aliphatic hydroxyl groups is 1. The molecule has 2 fully saturated rings. The molecule has 0 bridgehead atoms. The summed E-state index contributed by atoms with van der Waals surface area (Å²) in [4.78, 5) is 14.3. The predicted octanol–water partition coefficient (Wildman–Crippen LogP) is 1.45. The molecule has 1 aromatic rings. The molecule has 1 aliphatic heterocycles. The maximum Gasteiger partial charge on any atom is 0.260 e. The molecule has 0 radical (unpaired) electrons. The third-order valence-electron chi connectivity index (χ3n) is 4.62. The fourth-order valence-electron chi connectivity index (χ4n) is 3.45. The average molecular weight is 305 g/mol. The number of hydrogen-bond donors (Lipinski definition) is 1. The lowest BCUT2D eigenvalue weighted by atomic mass is 9.94. The van der Waals surface area contributed by atoms with Crippen LogP contribution in [0.15, 0.2) is 30.3 Å². The smallest absolute Gasteiger partial charge is 0.260 e. The first kappa shape index (κ1) is 15.3. The number of hydrogen-bond acceptors (Lipinski definition) is 4. The van der Waals surface area contributed by atoms with E-state index in [4.69, 9.17) is 9.47 Å². The third kappa shape index (κ3) is 3.42. The Morgan fingerprint density at radius 2 is 2.14 bits per heavy atom. The number of para-hydroxylation sites is 1. The highest BCUT2D eigenvalue weighted by atomic mass is 16.5. The largest absolute Gasteiger partial charge is 0.484 e. The summed E-state index contributed by atoms with van der Waals surface area (Å²) < 4.78 is 11.1. The van der Waals surface area contributed by atoms with E-state index in [2.05, 4.69) is 0 Å². The first-order chi connectivity index (χ1) is 10.8. The van der Waals surface area contributed by atoms with Crippen LogP contribution in [0, 0.1) is 5.92 Å². The van der Waals surface area contributed by atoms with E-state index in [0.29, 0.717) is 25.5 Å². The molecule has 5 heteroatoms. The van der Waals surface area contributed by atoms with Gasteiger partial charge in [0.1, 0.15) is 5.75 Å². The Bertz CT molecular complexity index is 493. The maximum atomic E-state index is 12.5. The van der Waals surface area contributed by atoms with Crippen LogP contribution in [0.2, 0.25) is 0 Å². The average Bonchev–Trinajstić information content (AvgIpc) is 2.99. The number of benzene rings is 1. The number of rotatable bonds is 4. The minimum Gasteiger partial charge on any atom is -0.484 e. The molecule has 1 aliphatic carbocycles. The molecule has 1 saturated carbocycles. The molecule has 120 valence electrons. The predicted molar refractivity (Wildman–Crippen MR) is 81.6 cm³/mol. The van der Waals surface area contributed by atoms with Crippen LogP contribution in [-0.2, 0) is 9.53 Å². The number of carbonyl (C=O) groups excluding carboxylic acids is 1. The SMILES string of the molecule is O=C(COc1ccccc1)N1CCOCC1C1CCCC1O. The van der Waals surface area contributed by atoms with Crippen molar-refractivity contribution in [2.45, 2.75) is 31.4 Å². The van der Waals surface area contributed by atoms with Gasteiger partial charge in [-0.3, -0.25) is 4.79 Å². The zero-order valence-electron chi connectivity index (χ0n) is 12.7. The Labute approximate surface area is 130 Å². The molecule has 5 nitrogen and oxygen atoms in total. The Kier molecular flexibility index (Phi) is 4.95. The second kappa shape index (κ2) is 7.11. The van der Waals surface area contributed by atoms with E-state index in [9.17, 15) is 9.90 Å². The lowest BCUT2D eigenvalue weighted by Crippen LogP contribution is -2.54. The molecule has 1 saturated heterocycles. The number of amides is 1. The van der Waals surface area contributed by atoms with Gasteiger partial charge in [0.05, 0.1) is 25.4 Å². The molecule has 3 atom stereocenters. The van der Waals surface area contributed by atoms with Crippen molar-refractivity contribution in [2.24, 2.45) is 5.92 Å². The summed E-state index contributed by atoms with van der Waals surface area (Å²) >= 11 is 0. The van der Waals surface area contributed by atoms with E-state index >= 15 is 0 Å². The first-order valence-corrected chi connectivity index (χ1v) is 7.99. The lowest BCUT2D eigenvalue weighted by molar-refractivity contribution is -0.146. The fourth-order valence-corrected chi connectivity index (χ4v) is 3.45. The van der Waals surface area contributed by atoms with Gasteiger partial charge in [-0.05, 0) is 25.0 Å². The monoisotopic (exact) mass is 305 g/mol. The van der Waals surface area contributed by atoms with Gasteiger partial charge in [0.25, 0.3) is 5.91 Å². The topological polar surface area (TPSA) is 59.0 Å². The molecule has 0 aromatic heterocycles. The Balaban J connectivity index is 1.61. The van der Waals surface area contributed by atoms with Crippen LogP contribution in [0.25, 0.3) is 0 Å². The summed E-state index contributed by atoms with van der Waals surface area (Å²) in [7, 11) is 0. The molecule has 1 heterocycles. The summed E-state index contributed by atoms with van der Waals surface area (Å²) in [5.74, 6) is 0.791. The Morgan fingerprint density at radius 1 is 1.32 bits per heavy atom. The zero-order valence-corrected chi connectivity index (χ0v) is 12.7. The molecule has 1 aromatic carbocycles. The highest BCUT2D eigenvalue weighted by molar-refractivity contribution is 5.78. The van der Waals surface area contributed by atoms with Crippen molar-refractivity contribution in [3.63, 3.8) is 0 Å². The van der Waals surface area contributed by atoms with E-state index in [1.807, 2.05) is 35.2 Å². The van der Waals surface area contributed by atoms with Crippen LogP contribution in [0.3, 0.4) is 0 Å². The summed E-state index contributed by atoms with van der Waals surface area (Å²) in [5, 5.41) is 10.1. The minimum absolute atomic E-state index is 0.0295. The number of aliphatic hydroxyl groups excluding tert-OH is 1. The van der Waals surface area contributed by atoms with E-state index < -0.39 is 0 Å². The van der Waals surface area contributed by atoms with E-state index in [1.165, 1.54) is 0 Å². The standard InChI is InChI=1S/C17H23NO4/c19-16-8-4-7-14(16)15-11-21-10-9-18(15)17(20)12-22-13-5-2-1-3-6-13/h1-3,5-6,14-16,19H,4,7-12H2. The second-order valence-electron chi connectivity index (χ2n) is 5.99. The highest BCUT2D eigenvalue weighted by Crippen LogP contribution is 2.32. The number of ether oxygens (including phenoxy) is 2. The van der Waals surface area contributed by atoms with Gasteiger partial charge in [0.2, 0.25) is 0 Å². The number of carbonyl (C=O) groups is 1. The molecule has 22 heavy (non-hydrogen) atoms. The van der Waals surface area contributed by atoms with Crippen molar-refractivity contribution in [2.75, 3.05) is 26.4 Å². The maximum absolute atomic E-state index is 12.5. The van der Waals surface area contributed by atoms with Gasteiger partial charge in [0, 0.05) is 12.5 Å². The van der Waals surface area contributed by atoms with E-state index in [-0.39, 0.29) is 30.6 Å². The zero-order chi connectivity index (χ0) is 15.4. The van der Waals surface area contributed by atoms with Crippen LogP contribution in [0.4, 0.5) is 0 Å². The second-order valence-corrected chi connectivity index (χ2v) is 5.99. The molecule has 0 spiro atoms. The lowest BCUT2D eigenvalue weighted by Gasteiger charge is -2.40. The van der Waals surface area contributed by atoms with E-state index in [0.717, 1.165) is 19.3 Å². The highest BCUT2D eigenvalue weighted by Gasteiger charge is 2.39. The van der Waals surface area contributed by atoms with Crippen molar-refractivity contribution < 1.29 is 19.4 Å². The molecule has 3 rings (SSSR count). The Morgan fingerprint density at radius 3 is 2.86 bits per heavy atom. The van der Waals surface area contributed by atoms with Gasteiger partial charge in [-0.25, -0.2) is 0 Å². The van der Waals surface area contributed by atoms with Crippen LogP contribution < -0.4 is 4.74 Å². The van der Waals surface area contributed by atoms with Crippen LogP contribution in [-0.4, -0.2) is 54.4 Å². The van der Waals surface area contributed by atoms with E-state index in [1.54, 1.807) is 0 Å². The molecule has 2 aliphatic rings. The van der Waals surface area contributed by atoms with Crippen molar-refractivity contribution in [3.05, 3.63) is 30.3 Å². The minimum atomic E-state index is -0.322. The third-order valence-corrected chi connectivity index (χ3v) is 4.62. The molecule has 1 N–H and O–H groups in total. The fraction of sp³-hybridized carbons (Fsp3) is 0.588. The van der Waals surface area contributed by atoms with Crippen molar-refractivity contribution in [3.8, 4) is 5.75 Å². The Hall–Kier alpha value is -1.59. The molecular weight excluding hydrogens is 282 g/mol. The van der Waals surface area contributed by atoms with Gasteiger partial charge in [0.15, 0.2) is 6.61 Å². The van der Waals surface area contributed by atoms with Crippen LogP contribution in [0.5, 0.6) is 5.75 Å². The van der Waals surface area contributed by atoms with Crippen molar-refractivity contribution in [1.29, 1.82) is 0 Å². The molecule has 1 amide bonds. The first-order valence-electron chi connectivity index (χ1n) is 7.99. The van der Waals surface area contributed by atoms with Crippen molar-refractivity contribution in [1.82, 2.24) is 4.90 Å². The van der Waals surface area contributed by atoms with Crippen LogP contribution in [0.1, 0.15) is 19.3 Å². The quantitative estimate of drug-likeness (QED) is 0.915. The van der Waals surface area contributed by atoms with Gasteiger partial charge in [-0.2, -0.15) is 0 Å². The van der Waals surface area contributed by atoms with Gasteiger partial charge in [-0.15, -0.1) is 0 Å². The normalized spacial score (nSPS) is 28.6. The summed E-state index contributed by atoms with van der Waals surface area (Å²) in [6, 6.07) is 9.32. The summed E-state index contributed by atoms with van der Waals surface area (Å²) in [6.45, 7) is 1.67. The van der Waals surface area contributed by atoms with Crippen LogP contribution >= 0.6 is 0 Å². The summed E-state index contributed by atoms with van der Waals surface area (Å²) in [6.07, 6.45) is 2.48. The molecular formula is C17H23NO4. The number of nitrogens with zero attached hydrogens (tertiary/aromatic N) is 1.